The molecule has 1 aromatic heterocycles. The lowest BCUT2D eigenvalue weighted by Gasteiger charge is -2.36. The van der Waals surface area contributed by atoms with Gasteiger partial charge in [-0.15, -0.1) is 0 Å². The zero-order valence-corrected chi connectivity index (χ0v) is 31.3. The molecule has 6 rings (SSSR count). The van der Waals surface area contributed by atoms with Crippen molar-refractivity contribution in [2.75, 3.05) is 13.7 Å². The third kappa shape index (κ3) is 7.59. The molecule has 0 spiro atoms. The van der Waals surface area contributed by atoms with Crippen molar-refractivity contribution in [1.82, 2.24) is 14.9 Å². The number of rotatable bonds is 3. The van der Waals surface area contributed by atoms with Crippen LogP contribution in [0.2, 0.25) is 0 Å². The van der Waals surface area contributed by atoms with E-state index in [4.69, 9.17) is 28.9 Å². The number of amides is 1. The van der Waals surface area contributed by atoms with E-state index >= 15 is 0 Å². The fraction of sp³-hybridized carbons (Fsp3) is 0.725. The van der Waals surface area contributed by atoms with Gasteiger partial charge in [-0.3, -0.25) is 9.59 Å². The molecule has 50 heavy (non-hydrogen) atoms. The largest absolute Gasteiger partial charge is 0.497 e. The van der Waals surface area contributed by atoms with Crippen molar-refractivity contribution in [3.8, 4) is 11.6 Å². The van der Waals surface area contributed by atoms with Crippen molar-refractivity contribution >= 4 is 28.9 Å². The number of methoxy groups -OCH3 is 1. The molecule has 4 bridgehead atoms. The SMILES string of the molecule is CC[C@@H]1[C@@H]2CN(C(=O)[C@H](C(C)(C)C)CC(=O)O[C@@H]3[C@H]4CC[C@H](C4)[C@H]3CCCCCc3nc4ccc(OC)cc4nc3O2)[C@@H]1C(=O)OC(C)(C)C. The number of fused-ring (bicyclic) bond motifs is 9. The van der Waals surface area contributed by atoms with Gasteiger partial charge in [-0.2, -0.15) is 0 Å². The van der Waals surface area contributed by atoms with E-state index in [2.05, 4.69) is 0 Å². The van der Waals surface area contributed by atoms with Gasteiger partial charge >= 0.3 is 11.9 Å². The molecule has 3 heterocycles. The minimum atomic E-state index is -0.883. The molecular weight excluding hydrogens is 634 g/mol. The molecule has 0 unspecified atom stereocenters. The van der Waals surface area contributed by atoms with E-state index in [1.807, 2.05) is 66.7 Å². The second-order valence-electron chi connectivity index (χ2n) is 17.2. The Balaban J connectivity index is 1.41. The van der Waals surface area contributed by atoms with Crippen LogP contribution in [-0.2, 0) is 30.3 Å². The Kier molecular flexibility index (Phi) is 10.4. The van der Waals surface area contributed by atoms with E-state index < -0.39 is 35.0 Å². The second kappa shape index (κ2) is 14.3. The third-order valence-electron chi connectivity index (χ3n) is 11.6. The van der Waals surface area contributed by atoms with Gasteiger partial charge in [0.25, 0.3) is 0 Å². The molecule has 1 amide bonds. The number of benzene rings is 1. The number of carbonyl (C=O) groups is 3. The van der Waals surface area contributed by atoms with E-state index in [-0.39, 0.29) is 36.9 Å². The standard InChI is InChI=1S/C40H57N3O7/c1-9-26-32-22-43(34(26)38(46)50-40(5,6)7)37(45)28(39(2,3)4)21-33(44)49-35-24-16-15-23(19-24)27(35)13-11-10-12-14-30-36(48-32)42-31-20-25(47-8)17-18-29(31)41-30/h17-18,20,23-24,26-28,32,34-35H,9-16,19,21-22H2,1-8H3/t23-,24+,26-,27-,28-,32+,34+,35-/m1/s1. The van der Waals surface area contributed by atoms with E-state index in [1.54, 1.807) is 12.0 Å². The van der Waals surface area contributed by atoms with Crippen molar-refractivity contribution in [3.05, 3.63) is 23.9 Å². The smallest absolute Gasteiger partial charge is 0.329 e. The number of esters is 2. The maximum absolute atomic E-state index is 14.8. The van der Waals surface area contributed by atoms with Crippen molar-refractivity contribution < 1.29 is 33.3 Å². The summed E-state index contributed by atoms with van der Waals surface area (Å²) in [6, 6.07) is 4.77. The number of aryl methyl sites for hydroxylation is 1. The molecule has 10 nitrogen and oxygen atoms in total. The summed E-state index contributed by atoms with van der Waals surface area (Å²) in [5.41, 5.74) is 0.866. The molecule has 2 aliphatic heterocycles. The molecule has 10 heteroatoms. The van der Waals surface area contributed by atoms with Gasteiger partial charge in [0.2, 0.25) is 11.8 Å². The van der Waals surface area contributed by atoms with Gasteiger partial charge in [-0.05, 0) is 101 Å². The summed E-state index contributed by atoms with van der Waals surface area (Å²) in [7, 11) is 1.62. The molecule has 0 N–H and O–H groups in total. The van der Waals surface area contributed by atoms with Crippen molar-refractivity contribution in [1.29, 1.82) is 0 Å². The molecular formula is C40H57N3O7. The van der Waals surface area contributed by atoms with Gasteiger partial charge in [0, 0.05) is 12.0 Å². The summed E-state index contributed by atoms with van der Waals surface area (Å²) < 4.78 is 24.6. The fourth-order valence-corrected chi connectivity index (χ4v) is 9.08. The molecule has 274 valence electrons. The Bertz CT molecular complexity index is 1580. The second-order valence-corrected chi connectivity index (χ2v) is 17.2. The molecule has 1 aromatic carbocycles. The number of nitrogens with zero attached hydrogens (tertiary/aromatic N) is 3. The van der Waals surface area contributed by atoms with Gasteiger partial charge in [0.1, 0.15) is 35.3 Å². The first-order chi connectivity index (χ1) is 23.7. The minimum absolute atomic E-state index is 0.0368. The first kappa shape index (κ1) is 36.4. The topological polar surface area (TPSA) is 117 Å². The van der Waals surface area contributed by atoms with Crippen LogP contribution in [0, 0.1) is 35.0 Å². The van der Waals surface area contributed by atoms with E-state index in [0.717, 1.165) is 49.7 Å². The van der Waals surface area contributed by atoms with E-state index in [1.165, 1.54) is 6.42 Å². The summed E-state index contributed by atoms with van der Waals surface area (Å²) in [6.07, 6.45) is 8.01. The number of carbonyl (C=O) groups excluding carboxylic acids is 3. The summed E-state index contributed by atoms with van der Waals surface area (Å²) in [6.45, 7) is 13.6. The van der Waals surface area contributed by atoms with Crippen LogP contribution in [0.15, 0.2) is 18.2 Å². The Morgan fingerprint density at radius 3 is 2.42 bits per heavy atom. The first-order valence-electron chi connectivity index (χ1n) is 18.9. The first-order valence-corrected chi connectivity index (χ1v) is 18.9. The van der Waals surface area contributed by atoms with Crippen LogP contribution >= 0.6 is 0 Å². The lowest BCUT2D eigenvalue weighted by atomic mass is 9.77. The Hall–Kier alpha value is -3.43. The van der Waals surface area contributed by atoms with Gasteiger partial charge < -0.3 is 23.8 Å². The lowest BCUT2D eigenvalue weighted by molar-refractivity contribution is -0.167. The molecule has 1 saturated heterocycles. The Morgan fingerprint density at radius 2 is 1.72 bits per heavy atom. The normalized spacial score (nSPS) is 30.9. The maximum Gasteiger partial charge on any atom is 0.329 e. The molecule has 8 atom stereocenters. The number of hydrogen-bond acceptors (Lipinski definition) is 9. The van der Waals surface area contributed by atoms with Crippen LogP contribution in [-0.4, -0.2) is 70.2 Å². The average molecular weight is 692 g/mol. The summed E-state index contributed by atoms with van der Waals surface area (Å²) in [5, 5.41) is 0. The number of ether oxygens (including phenoxy) is 4. The third-order valence-corrected chi connectivity index (χ3v) is 11.6. The monoisotopic (exact) mass is 691 g/mol. The van der Waals surface area contributed by atoms with Gasteiger partial charge in [-0.25, -0.2) is 14.8 Å². The molecule has 2 aromatic rings. The quantitative estimate of drug-likeness (QED) is 0.311. The molecule has 3 fully saturated rings. The average Bonchev–Trinajstić information content (AvgIpc) is 3.75. The molecule has 0 radical (unpaired) electrons. The zero-order valence-electron chi connectivity index (χ0n) is 31.3. The van der Waals surface area contributed by atoms with Crippen molar-refractivity contribution in [3.63, 3.8) is 0 Å². The highest BCUT2D eigenvalue weighted by atomic mass is 16.6. The van der Waals surface area contributed by atoms with Crippen LogP contribution in [0.4, 0.5) is 0 Å². The number of aromatic nitrogens is 2. The highest BCUT2D eigenvalue weighted by Gasteiger charge is 2.53. The van der Waals surface area contributed by atoms with E-state index in [0.29, 0.717) is 47.7 Å². The minimum Gasteiger partial charge on any atom is -0.497 e. The highest BCUT2D eigenvalue weighted by Crippen LogP contribution is 2.52. The van der Waals surface area contributed by atoms with Crippen LogP contribution in [0.5, 0.6) is 11.6 Å². The molecule has 2 aliphatic carbocycles. The van der Waals surface area contributed by atoms with Crippen molar-refractivity contribution in [2.45, 2.75) is 137 Å². The Labute approximate surface area is 297 Å². The van der Waals surface area contributed by atoms with Crippen LogP contribution in [0.1, 0.15) is 112 Å². The molecule has 4 aliphatic rings. The zero-order chi connectivity index (χ0) is 36.0. The van der Waals surface area contributed by atoms with Crippen LogP contribution < -0.4 is 9.47 Å². The predicted molar refractivity (Wildman–Crippen MR) is 190 cm³/mol. The summed E-state index contributed by atoms with van der Waals surface area (Å²) in [4.78, 5) is 54.2. The predicted octanol–water partition coefficient (Wildman–Crippen LogP) is 7.09. The fourth-order valence-electron chi connectivity index (χ4n) is 9.08. The van der Waals surface area contributed by atoms with Crippen molar-refractivity contribution in [2.24, 2.45) is 35.0 Å². The molecule has 2 saturated carbocycles. The lowest BCUT2D eigenvalue weighted by Crippen LogP contribution is -2.50. The van der Waals surface area contributed by atoms with Crippen LogP contribution in [0.25, 0.3) is 11.0 Å². The van der Waals surface area contributed by atoms with Crippen LogP contribution in [0.3, 0.4) is 0 Å². The summed E-state index contributed by atoms with van der Waals surface area (Å²) in [5.74, 6) is 0.342. The highest BCUT2D eigenvalue weighted by molar-refractivity contribution is 5.90. The summed E-state index contributed by atoms with van der Waals surface area (Å²) >= 11 is 0. The maximum atomic E-state index is 14.8. The van der Waals surface area contributed by atoms with Gasteiger partial charge in [0.15, 0.2) is 0 Å². The van der Waals surface area contributed by atoms with Gasteiger partial charge in [0.05, 0.1) is 37.0 Å². The number of hydrogen-bond donors (Lipinski definition) is 0. The van der Waals surface area contributed by atoms with Gasteiger partial charge in [-0.1, -0.05) is 40.5 Å². The van der Waals surface area contributed by atoms with E-state index in [9.17, 15) is 14.4 Å². The Morgan fingerprint density at radius 1 is 0.960 bits per heavy atom.